The first-order valence-electron chi connectivity index (χ1n) is 19.4. The van der Waals surface area contributed by atoms with Crippen molar-refractivity contribution in [2.45, 2.75) is 137 Å². The highest BCUT2D eigenvalue weighted by Gasteiger charge is 2.43. The van der Waals surface area contributed by atoms with E-state index in [2.05, 4.69) is 84.3 Å². The van der Waals surface area contributed by atoms with Crippen molar-refractivity contribution in [3.05, 3.63) is 59.7 Å². The highest BCUT2D eigenvalue weighted by atomic mass is 28.4. The highest BCUT2D eigenvalue weighted by Crippen LogP contribution is 2.40. The van der Waals surface area contributed by atoms with Crippen molar-refractivity contribution >= 4 is 20.3 Å². The Morgan fingerprint density at radius 2 is 1.47 bits per heavy atom. The Bertz CT molecular complexity index is 1390. The van der Waals surface area contributed by atoms with Gasteiger partial charge in [0, 0.05) is 32.6 Å². The molecule has 9 nitrogen and oxygen atoms in total. The van der Waals surface area contributed by atoms with Crippen LogP contribution in [-0.2, 0) is 31.7 Å². The number of methoxy groups -OCH3 is 2. The second kappa shape index (κ2) is 21.1. The number of rotatable bonds is 21. The summed E-state index contributed by atoms with van der Waals surface area (Å²) in [6.45, 7) is 26.9. The minimum absolute atomic E-state index is 0.0135. The van der Waals surface area contributed by atoms with E-state index in [0.717, 1.165) is 24.0 Å². The van der Waals surface area contributed by atoms with E-state index in [4.69, 9.17) is 23.4 Å². The Kier molecular flexibility index (Phi) is 18.4. The van der Waals surface area contributed by atoms with Crippen molar-refractivity contribution in [2.75, 3.05) is 27.4 Å². The largest absolute Gasteiger partial charge is 0.493 e. The topological polar surface area (TPSA) is 104 Å². The Morgan fingerprint density at radius 1 is 0.811 bits per heavy atom. The fourth-order valence-electron chi connectivity index (χ4n) is 6.03. The first kappa shape index (κ1) is 46.1. The molecule has 2 aromatic carbocycles. The molecule has 0 aliphatic heterocycles. The van der Waals surface area contributed by atoms with Gasteiger partial charge in [-0.25, -0.2) is 4.79 Å². The number of carbonyl (C=O) groups is 2. The van der Waals surface area contributed by atoms with Crippen LogP contribution in [0.15, 0.2) is 48.5 Å². The molecule has 0 radical (unpaired) electrons. The van der Waals surface area contributed by atoms with Crippen molar-refractivity contribution in [1.29, 1.82) is 0 Å². The monoisotopic (exact) mass is 757 g/mol. The third-order valence-corrected chi connectivity index (χ3v) is 14.8. The lowest BCUT2D eigenvalue weighted by atomic mass is 9.80. The summed E-state index contributed by atoms with van der Waals surface area (Å²) in [5.41, 5.74) is 1.48. The Labute approximate surface area is 322 Å². The fraction of sp³-hybridized carbons (Fsp3) is 0.674. The van der Waals surface area contributed by atoms with E-state index in [1.807, 2.05) is 57.2 Å². The van der Waals surface area contributed by atoms with Gasteiger partial charge in [-0.3, -0.25) is 4.79 Å². The van der Waals surface area contributed by atoms with Crippen LogP contribution in [0.1, 0.15) is 99.6 Å². The summed E-state index contributed by atoms with van der Waals surface area (Å²) in [6, 6.07) is 15.6. The molecular formula is C43H72N2O7Si. The third-order valence-electron chi connectivity index (χ3n) is 10.3. The Morgan fingerprint density at radius 3 is 2.02 bits per heavy atom. The maximum atomic E-state index is 14.0. The van der Waals surface area contributed by atoms with Crippen LogP contribution in [0, 0.1) is 23.7 Å². The number of hydrogen-bond donors (Lipinski definition) is 2. The molecule has 300 valence electrons. The van der Waals surface area contributed by atoms with Gasteiger partial charge in [0.1, 0.15) is 5.60 Å². The molecule has 4 atom stereocenters. The predicted molar refractivity (Wildman–Crippen MR) is 218 cm³/mol. The van der Waals surface area contributed by atoms with Crippen LogP contribution in [0.25, 0.3) is 0 Å². The maximum Gasteiger partial charge on any atom is 0.407 e. The zero-order valence-electron chi connectivity index (χ0n) is 35.4. The molecule has 0 aliphatic rings. The van der Waals surface area contributed by atoms with Crippen molar-refractivity contribution in [3.8, 4) is 11.5 Å². The molecule has 2 N–H and O–H groups in total. The fourth-order valence-corrected chi connectivity index (χ4v) is 7.40. The van der Waals surface area contributed by atoms with Crippen LogP contribution in [0.2, 0.25) is 18.1 Å². The van der Waals surface area contributed by atoms with E-state index >= 15 is 0 Å². The van der Waals surface area contributed by atoms with Crippen LogP contribution in [-0.4, -0.2) is 65.5 Å². The van der Waals surface area contributed by atoms with Gasteiger partial charge < -0.3 is 34.0 Å². The number of carbonyl (C=O) groups excluding carboxylic acids is 2. The highest BCUT2D eigenvalue weighted by molar-refractivity contribution is 6.74. The molecule has 53 heavy (non-hydrogen) atoms. The number of alkyl carbamates (subject to hydrolysis) is 1. The second-order valence-corrected chi connectivity index (χ2v) is 22.3. The average molecular weight is 757 g/mol. The minimum Gasteiger partial charge on any atom is -0.493 e. The van der Waals surface area contributed by atoms with E-state index in [-0.39, 0.29) is 34.6 Å². The van der Waals surface area contributed by atoms with Crippen molar-refractivity contribution in [3.63, 3.8) is 0 Å². The molecule has 1 unspecified atom stereocenters. The molecule has 0 heterocycles. The van der Waals surface area contributed by atoms with Gasteiger partial charge in [0.15, 0.2) is 19.8 Å². The predicted octanol–water partition coefficient (Wildman–Crippen LogP) is 9.58. The summed E-state index contributed by atoms with van der Waals surface area (Å²) >= 11 is 0. The number of nitrogens with one attached hydrogen (secondary N) is 2. The second-order valence-electron chi connectivity index (χ2n) is 17.6. The number of amides is 2. The summed E-state index contributed by atoms with van der Waals surface area (Å²) in [5, 5.41) is 6.38. The van der Waals surface area contributed by atoms with Crippen LogP contribution in [0.5, 0.6) is 11.5 Å². The molecule has 2 rings (SSSR count). The van der Waals surface area contributed by atoms with Gasteiger partial charge >= 0.3 is 6.09 Å². The number of ether oxygens (including phenoxy) is 4. The number of benzene rings is 2. The molecule has 10 heteroatoms. The van der Waals surface area contributed by atoms with Gasteiger partial charge in [0.25, 0.3) is 0 Å². The lowest BCUT2D eigenvalue weighted by Crippen LogP contribution is -2.54. The molecule has 0 aromatic heterocycles. The average Bonchev–Trinajstić information content (AvgIpc) is 3.05. The Balaban J connectivity index is 2.56. The molecule has 0 bridgehead atoms. The van der Waals surface area contributed by atoms with Gasteiger partial charge in [-0.2, -0.15) is 0 Å². The zero-order chi connectivity index (χ0) is 40.0. The summed E-state index contributed by atoms with van der Waals surface area (Å²) in [5.74, 6) is 1.50. The number of hydrogen-bond acceptors (Lipinski definition) is 7. The van der Waals surface area contributed by atoms with Crippen LogP contribution in [0.3, 0.4) is 0 Å². The standard InChI is InChI=1S/C43H72N2O7Si/c1-30(2)34(25-33-21-22-37(49-12)39(26-33)50-24-18-23-48-11)27-36(45-41(47)51-42(5,6)7)38(52-53(13,14)43(8,9)10)28-35(31(3)4)40(46)44-29-32-19-16-15-17-20-32/h15-17,19-22,26,30-31,34-36,38H,18,23-25,27-29H2,1-14H3,(H,44,46)(H,45,47)/t34?,35-,36-,38-/m0/s1. The van der Waals surface area contributed by atoms with E-state index < -0.39 is 32.2 Å². The lowest BCUT2D eigenvalue weighted by molar-refractivity contribution is -0.127. The molecule has 0 saturated heterocycles. The van der Waals surface area contributed by atoms with Gasteiger partial charge in [0.05, 0.1) is 25.9 Å². The van der Waals surface area contributed by atoms with E-state index in [1.54, 1.807) is 14.2 Å². The van der Waals surface area contributed by atoms with E-state index in [1.165, 1.54) is 0 Å². The van der Waals surface area contributed by atoms with Crippen molar-refractivity contribution in [1.82, 2.24) is 10.6 Å². The van der Waals surface area contributed by atoms with Gasteiger partial charge in [-0.1, -0.05) is 84.9 Å². The van der Waals surface area contributed by atoms with Crippen LogP contribution >= 0.6 is 0 Å². The van der Waals surface area contributed by atoms with Gasteiger partial charge in [-0.05, 0) is 99.2 Å². The minimum atomic E-state index is -2.39. The molecule has 2 amide bonds. The Hall–Kier alpha value is -3.08. The van der Waals surface area contributed by atoms with E-state index in [9.17, 15) is 9.59 Å². The quantitative estimate of drug-likeness (QED) is 0.0966. The smallest absolute Gasteiger partial charge is 0.407 e. The first-order valence-corrected chi connectivity index (χ1v) is 22.4. The van der Waals surface area contributed by atoms with E-state index in [0.29, 0.717) is 44.1 Å². The molecule has 0 spiro atoms. The van der Waals surface area contributed by atoms with Gasteiger partial charge in [0.2, 0.25) is 5.91 Å². The first-order chi connectivity index (χ1) is 24.7. The summed E-state index contributed by atoms with van der Waals surface area (Å²) in [7, 11) is 0.944. The third kappa shape index (κ3) is 16.0. The molecular weight excluding hydrogens is 685 g/mol. The zero-order valence-corrected chi connectivity index (χ0v) is 36.4. The molecule has 0 aliphatic carbocycles. The van der Waals surface area contributed by atoms with Crippen molar-refractivity contribution < 1.29 is 33.0 Å². The SMILES string of the molecule is COCCCOc1cc(CC(C[C@H](NC(=O)OC(C)(C)C)[C@H](C[C@H](C(=O)NCc2ccccc2)C(C)C)O[Si](C)(C)C(C)(C)C)C(C)C)ccc1OC. The lowest BCUT2D eigenvalue weighted by Gasteiger charge is -2.43. The molecule has 0 saturated carbocycles. The summed E-state index contributed by atoms with van der Waals surface area (Å²) < 4.78 is 30.1. The normalized spacial score (nSPS) is 14.7. The van der Waals surface area contributed by atoms with Crippen LogP contribution < -0.4 is 20.1 Å². The maximum absolute atomic E-state index is 14.0. The van der Waals surface area contributed by atoms with Gasteiger partial charge in [-0.15, -0.1) is 0 Å². The van der Waals surface area contributed by atoms with Crippen LogP contribution in [0.4, 0.5) is 4.79 Å². The summed E-state index contributed by atoms with van der Waals surface area (Å²) in [6.07, 6.45) is 1.68. The molecule has 2 aromatic rings. The summed E-state index contributed by atoms with van der Waals surface area (Å²) in [4.78, 5) is 27.6. The molecule has 0 fully saturated rings. The van der Waals surface area contributed by atoms with Crippen molar-refractivity contribution in [2.24, 2.45) is 23.7 Å².